The van der Waals surface area contributed by atoms with Gasteiger partial charge in [0, 0.05) is 55.5 Å². The zero-order chi connectivity index (χ0) is 19.9. The molecule has 2 aromatic rings. The molecule has 7 heteroatoms. The number of aliphatic hydroxyl groups excluding tert-OH is 1. The van der Waals surface area contributed by atoms with E-state index in [0.717, 1.165) is 36.1 Å². The predicted molar refractivity (Wildman–Crippen MR) is 109 cm³/mol. The molecule has 0 saturated heterocycles. The molecule has 1 fully saturated rings. The molecule has 0 heterocycles. The maximum absolute atomic E-state index is 11.2. The third kappa shape index (κ3) is 6.75. The average molecular weight is 492 g/mol. The summed E-state index contributed by atoms with van der Waals surface area (Å²) in [6, 6.07) is 15.5. The fourth-order valence-corrected chi connectivity index (χ4v) is 4.39. The van der Waals surface area contributed by atoms with Crippen LogP contribution in [0.1, 0.15) is 30.4 Å². The fourth-order valence-electron chi connectivity index (χ4n) is 3.98. The van der Waals surface area contributed by atoms with E-state index in [1.807, 2.05) is 24.3 Å². The number of aryl methyl sites for hydroxylation is 1. The molecule has 1 radical (unpaired) electrons. The summed E-state index contributed by atoms with van der Waals surface area (Å²) in [5.74, 6) is 1.39. The van der Waals surface area contributed by atoms with Crippen molar-refractivity contribution in [1.82, 2.24) is 0 Å². The number of aliphatic hydroxyl groups is 1. The molecule has 153 valence electrons. The average Bonchev–Trinajstić information content (AvgIpc) is 3.05. The maximum Gasteiger partial charge on any atom is 0.166 e. The molecule has 1 unspecified atom stereocenters. The predicted octanol–water partition coefficient (Wildman–Crippen LogP) is 4.57. The molecule has 0 aliphatic heterocycles. The van der Waals surface area contributed by atoms with Gasteiger partial charge in [0.25, 0.3) is 0 Å². The molecular formula is C22H25ClNO4Y-. The van der Waals surface area contributed by atoms with Gasteiger partial charge in [-0.05, 0) is 55.7 Å². The van der Waals surface area contributed by atoms with Crippen molar-refractivity contribution in [3.8, 4) is 5.75 Å². The van der Waals surface area contributed by atoms with Crippen molar-refractivity contribution >= 4 is 17.3 Å². The summed E-state index contributed by atoms with van der Waals surface area (Å²) in [4.78, 5) is 10.9. The minimum Gasteiger partial charge on any atom is -0.493 e. The molecule has 1 aliphatic rings. The Morgan fingerprint density at radius 3 is 2.86 bits per heavy atom. The van der Waals surface area contributed by atoms with Crippen LogP contribution in [0.5, 0.6) is 5.75 Å². The van der Waals surface area contributed by atoms with Gasteiger partial charge in [0.05, 0.1) is 6.61 Å². The van der Waals surface area contributed by atoms with Crippen molar-refractivity contribution in [3.05, 3.63) is 69.8 Å². The second kappa shape index (κ2) is 12.0. The number of alkyl halides is 1. The Kier molecular flexibility index (Phi) is 10.0. The largest absolute Gasteiger partial charge is 0.493 e. The second-order valence-corrected chi connectivity index (χ2v) is 7.86. The van der Waals surface area contributed by atoms with E-state index in [0.29, 0.717) is 25.4 Å². The number of benzene rings is 2. The van der Waals surface area contributed by atoms with E-state index < -0.39 is 0 Å². The standard InChI is InChI=1S/C22H25ClNO4.Y/c23-21-11-10-17(8-9-18-5-1-2-7-22(18)24(26)27)20(21)15-28-19-6-3-4-16(14-19)12-13-25;/h1,3-7,14,17,20-21,25H,8-13,15H2;/q-1;/t17-,20+,21?;/m0./s1. The molecule has 1 aliphatic carbocycles. The van der Waals surface area contributed by atoms with Crippen LogP contribution < -0.4 is 4.74 Å². The van der Waals surface area contributed by atoms with Gasteiger partial charge in [0.15, 0.2) is 5.69 Å². The fraction of sp³-hybridized carbons (Fsp3) is 0.455. The Bertz CT molecular complexity index is 804. The number of hydrogen-bond donors (Lipinski definition) is 1. The number of nitrogens with zero attached hydrogens (tertiary/aromatic N) is 1. The number of rotatable bonds is 9. The van der Waals surface area contributed by atoms with Crippen molar-refractivity contribution in [3.63, 3.8) is 0 Å². The molecule has 0 amide bonds. The third-order valence-electron chi connectivity index (χ3n) is 5.54. The van der Waals surface area contributed by atoms with Gasteiger partial charge in [-0.15, -0.1) is 17.7 Å². The summed E-state index contributed by atoms with van der Waals surface area (Å²) < 4.78 is 6.01. The van der Waals surface area contributed by atoms with Crippen LogP contribution in [0.3, 0.4) is 0 Å². The summed E-state index contributed by atoms with van der Waals surface area (Å²) in [5.41, 5.74) is 1.92. The molecule has 2 aromatic carbocycles. The van der Waals surface area contributed by atoms with Crippen LogP contribution in [0.2, 0.25) is 0 Å². The smallest absolute Gasteiger partial charge is 0.166 e. The number of nitro groups is 1. The molecule has 3 rings (SSSR count). The quantitative estimate of drug-likeness (QED) is 0.241. The molecule has 3 atom stereocenters. The van der Waals surface area contributed by atoms with Crippen LogP contribution in [0, 0.1) is 28.0 Å². The topological polar surface area (TPSA) is 72.6 Å². The van der Waals surface area contributed by atoms with E-state index >= 15 is 0 Å². The third-order valence-corrected chi connectivity index (χ3v) is 6.08. The number of halogens is 1. The molecule has 0 spiro atoms. The van der Waals surface area contributed by atoms with E-state index in [4.69, 9.17) is 21.4 Å². The minimum atomic E-state index is -0.342. The van der Waals surface area contributed by atoms with E-state index in [9.17, 15) is 10.1 Å². The zero-order valence-corrected chi connectivity index (χ0v) is 19.9. The molecule has 29 heavy (non-hydrogen) atoms. The van der Waals surface area contributed by atoms with Crippen LogP contribution in [0.15, 0.2) is 42.5 Å². The Morgan fingerprint density at radius 2 is 2.10 bits per heavy atom. The van der Waals surface area contributed by atoms with Gasteiger partial charge in [-0.1, -0.05) is 17.7 Å². The van der Waals surface area contributed by atoms with Gasteiger partial charge in [-0.2, -0.15) is 18.2 Å². The molecular weight excluding hydrogens is 467 g/mol. The van der Waals surface area contributed by atoms with Crippen molar-refractivity contribution < 1.29 is 47.5 Å². The van der Waals surface area contributed by atoms with Crippen LogP contribution in [0.25, 0.3) is 0 Å². The SMILES string of the molecule is O=[N+]([O-])c1c[c-]ccc1CC[C@H]1CCC(Cl)[C@@H]1COc1cccc(CCO)c1.[Y]. The van der Waals surface area contributed by atoms with Crippen molar-refractivity contribution in [2.45, 2.75) is 37.5 Å². The maximum atomic E-state index is 11.2. The van der Waals surface area contributed by atoms with Gasteiger partial charge in [0.1, 0.15) is 5.75 Å². The number of ether oxygens (including phenoxy) is 1. The summed E-state index contributed by atoms with van der Waals surface area (Å²) in [6.45, 7) is 0.646. The monoisotopic (exact) mass is 491 g/mol. The zero-order valence-electron chi connectivity index (χ0n) is 16.3. The summed E-state index contributed by atoms with van der Waals surface area (Å²) in [6.07, 6.45) is 4.07. The summed E-state index contributed by atoms with van der Waals surface area (Å²) in [5, 5.41) is 20.3. The molecule has 5 nitrogen and oxygen atoms in total. The van der Waals surface area contributed by atoms with E-state index in [2.05, 4.69) is 6.07 Å². The Hall–Kier alpha value is -1.01. The first-order chi connectivity index (χ1) is 13.6. The first-order valence-electron chi connectivity index (χ1n) is 9.68. The Balaban J connectivity index is 0.00000300. The number of hydrogen-bond acceptors (Lipinski definition) is 4. The van der Waals surface area contributed by atoms with Crippen LogP contribution >= 0.6 is 11.6 Å². The molecule has 0 bridgehead atoms. The van der Waals surface area contributed by atoms with Crippen LogP contribution in [-0.4, -0.2) is 28.6 Å². The molecule has 0 aromatic heterocycles. The van der Waals surface area contributed by atoms with Gasteiger partial charge in [0.2, 0.25) is 0 Å². The van der Waals surface area contributed by atoms with Gasteiger partial charge < -0.3 is 9.84 Å². The first kappa shape index (κ1) is 24.3. The molecule has 1 saturated carbocycles. The van der Waals surface area contributed by atoms with Crippen molar-refractivity contribution in [2.24, 2.45) is 11.8 Å². The van der Waals surface area contributed by atoms with E-state index in [1.54, 1.807) is 12.1 Å². The number of nitro benzene ring substituents is 1. The minimum absolute atomic E-state index is 0. The van der Waals surface area contributed by atoms with E-state index in [-0.39, 0.29) is 61.2 Å². The summed E-state index contributed by atoms with van der Waals surface area (Å²) >= 11 is 6.56. The first-order valence-corrected chi connectivity index (χ1v) is 10.1. The van der Waals surface area contributed by atoms with Gasteiger partial charge in [-0.25, -0.2) is 0 Å². The normalized spacial score (nSPS) is 20.8. The molecule has 1 N–H and O–H groups in total. The van der Waals surface area contributed by atoms with Crippen LogP contribution in [-0.2, 0) is 45.6 Å². The van der Waals surface area contributed by atoms with E-state index in [1.165, 1.54) is 6.07 Å². The van der Waals surface area contributed by atoms with Gasteiger partial charge in [-0.3, -0.25) is 10.1 Å². The van der Waals surface area contributed by atoms with Crippen molar-refractivity contribution in [1.29, 1.82) is 0 Å². The van der Waals surface area contributed by atoms with Gasteiger partial charge >= 0.3 is 0 Å². The summed E-state index contributed by atoms with van der Waals surface area (Å²) in [7, 11) is 0. The van der Waals surface area contributed by atoms with Crippen molar-refractivity contribution in [2.75, 3.05) is 13.2 Å². The second-order valence-electron chi connectivity index (χ2n) is 7.30. The van der Waals surface area contributed by atoms with Crippen LogP contribution in [0.4, 0.5) is 5.69 Å². The Morgan fingerprint density at radius 1 is 1.28 bits per heavy atom. The Labute approximate surface area is 201 Å².